The van der Waals surface area contributed by atoms with Gasteiger partial charge in [0.2, 0.25) is 0 Å². The van der Waals surface area contributed by atoms with Crippen molar-refractivity contribution in [3.63, 3.8) is 0 Å². The monoisotopic (exact) mass is 503 g/mol. The zero-order valence-electron chi connectivity index (χ0n) is 23.9. The summed E-state index contributed by atoms with van der Waals surface area (Å²) in [6.07, 6.45) is 20.2. The van der Waals surface area contributed by atoms with Gasteiger partial charge in [0.1, 0.15) is 0 Å². The van der Waals surface area contributed by atoms with E-state index in [4.69, 9.17) is 0 Å². The molecular weight excluding hydrogens is 454 g/mol. The standard InChI is InChI=1S/C33H49N3O/c1-22(2)7-6-8-23(3)28-11-12-29-27-10-9-25-21-26(35-36-31(37)24-15-19-34-20-16-24)13-17-32(25,4)30(27)14-18-33(28,29)5/h15-16,19-23,27-30H,6-14,17-18H2,1-5H3,(H,36,37)/b35-26-/t23-,27+,28-,29+,30+,32+,33-/m1/s1. The van der Waals surface area contributed by atoms with Gasteiger partial charge in [-0.25, -0.2) is 5.43 Å². The second-order valence-electron chi connectivity index (χ2n) is 13.8. The summed E-state index contributed by atoms with van der Waals surface area (Å²) in [7, 11) is 0. The summed E-state index contributed by atoms with van der Waals surface area (Å²) < 4.78 is 0. The van der Waals surface area contributed by atoms with Crippen LogP contribution in [0.25, 0.3) is 0 Å². The summed E-state index contributed by atoms with van der Waals surface area (Å²) in [5, 5.41) is 4.53. The number of pyridine rings is 1. The molecule has 1 aromatic heterocycles. The number of aromatic nitrogens is 1. The number of hydrogen-bond donors (Lipinski definition) is 1. The highest BCUT2D eigenvalue weighted by Crippen LogP contribution is 2.67. The van der Waals surface area contributed by atoms with Crippen LogP contribution in [-0.2, 0) is 0 Å². The molecule has 7 atom stereocenters. The molecule has 0 bridgehead atoms. The first kappa shape index (κ1) is 26.6. The van der Waals surface area contributed by atoms with Crippen molar-refractivity contribution in [2.75, 3.05) is 0 Å². The lowest BCUT2D eigenvalue weighted by atomic mass is 9.46. The van der Waals surface area contributed by atoms with Gasteiger partial charge in [-0.05, 0) is 116 Å². The number of carbonyl (C=O) groups is 1. The van der Waals surface area contributed by atoms with Crippen molar-refractivity contribution >= 4 is 11.6 Å². The van der Waals surface area contributed by atoms with Crippen molar-refractivity contribution in [1.82, 2.24) is 10.4 Å². The minimum absolute atomic E-state index is 0.161. The Balaban J connectivity index is 1.26. The first-order chi connectivity index (χ1) is 17.7. The second kappa shape index (κ2) is 10.7. The molecule has 0 unspecified atom stereocenters. The molecule has 0 radical (unpaired) electrons. The maximum absolute atomic E-state index is 12.5. The fourth-order valence-electron chi connectivity index (χ4n) is 9.37. The van der Waals surface area contributed by atoms with Crippen LogP contribution < -0.4 is 5.43 Å². The summed E-state index contributed by atoms with van der Waals surface area (Å²) in [4.78, 5) is 16.4. The Morgan fingerprint density at radius 3 is 2.57 bits per heavy atom. The van der Waals surface area contributed by atoms with Crippen LogP contribution >= 0.6 is 0 Å². The van der Waals surface area contributed by atoms with Gasteiger partial charge in [-0.15, -0.1) is 0 Å². The van der Waals surface area contributed by atoms with E-state index in [2.05, 4.69) is 56.2 Å². The number of rotatable bonds is 7. The number of hydrogen-bond acceptors (Lipinski definition) is 3. The molecule has 0 spiro atoms. The molecule has 0 saturated heterocycles. The fraction of sp³-hybridized carbons (Fsp3) is 0.727. The summed E-state index contributed by atoms with van der Waals surface area (Å²) in [5.41, 5.74) is 6.86. The first-order valence-corrected chi connectivity index (χ1v) is 15.2. The molecule has 202 valence electrons. The molecule has 0 aromatic carbocycles. The van der Waals surface area contributed by atoms with Crippen LogP contribution in [0.1, 0.15) is 116 Å². The average molecular weight is 504 g/mol. The van der Waals surface area contributed by atoms with Gasteiger partial charge in [0.15, 0.2) is 0 Å². The Morgan fingerprint density at radius 2 is 1.81 bits per heavy atom. The summed E-state index contributed by atoms with van der Waals surface area (Å²) in [6.45, 7) is 12.6. The van der Waals surface area contributed by atoms with E-state index < -0.39 is 0 Å². The summed E-state index contributed by atoms with van der Waals surface area (Å²) in [6, 6.07) is 3.45. The number of hydrazone groups is 1. The molecule has 1 N–H and O–H groups in total. The van der Waals surface area contributed by atoms with E-state index in [1.54, 1.807) is 30.1 Å². The van der Waals surface area contributed by atoms with E-state index in [0.717, 1.165) is 47.6 Å². The highest BCUT2D eigenvalue weighted by atomic mass is 16.2. The van der Waals surface area contributed by atoms with Crippen LogP contribution in [0.3, 0.4) is 0 Å². The number of nitrogens with zero attached hydrogens (tertiary/aromatic N) is 2. The SMILES string of the molecule is CC(C)CCC[C@@H](C)[C@H]1CC[C@H]2[C@@H]3CCC4=C/C(=N\NC(=O)c5ccncc5)CC[C@]4(C)[C@H]3CC[C@]12C. The summed E-state index contributed by atoms with van der Waals surface area (Å²) in [5.74, 6) is 5.08. The van der Waals surface area contributed by atoms with Gasteiger partial charge in [-0.2, -0.15) is 5.10 Å². The van der Waals surface area contributed by atoms with E-state index in [-0.39, 0.29) is 5.91 Å². The molecule has 1 heterocycles. The molecule has 3 saturated carbocycles. The van der Waals surface area contributed by atoms with Crippen molar-refractivity contribution < 1.29 is 4.79 Å². The highest BCUT2D eigenvalue weighted by molar-refractivity contribution is 5.99. The largest absolute Gasteiger partial charge is 0.271 e. The lowest BCUT2D eigenvalue weighted by Crippen LogP contribution is -2.51. The molecule has 0 aliphatic heterocycles. The lowest BCUT2D eigenvalue weighted by molar-refractivity contribution is -0.0573. The van der Waals surface area contributed by atoms with Crippen LogP contribution in [0, 0.1) is 46.3 Å². The Bertz CT molecular complexity index is 1030. The number of nitrogens with one attached hydrogen (secondary N) is 1. The van der Waals surface area contributed by atoms with E-state index in [1.807, 2.05) is 0 Å². The molecule has 4 heteroatoms. The topological polar surface area (TPSA) is 54.4 Å². The van der Waals surface area contributed by atoms with Crippen LogP contribution in [-0.4, -0.2) is 16.6 Å². The predicted octanol–water partition coefficient (Wildman–Crippen LogP) is 8.21. The Hall–Kier alpha value is -1.97. The predicted molar refractivity (Wildman–Crippen MR) is 152 cm³/mol. The fourth-order valence-corrected chi connectivity index (χ4v) is 9.37. The van der Waals surface area contributed by atoms with Crippen molar-refractivity contribution in [3.05, 3.63) is 41.7 Å². The third-order valence-corrected chi connectivity index (χ3v) is 11.4. The first-order valence-electron chi connectivity index (χ1n) is 15.2. The Kier molecular flexibility index (Phi) is 7.67. The molecule has 1 aromatic rings. The zero-order chi connectivity index (χ0) is 26.2. The third-order valence-electron chi connectivity index (χ3n) is 11.4. The Labute approximate surface area is 225 Å². The minimum Gasteiger partial charge on any atom is -0.267 e. The van der Waals surface area contributed by atoms with Gasteiger partial charge in [-0.3, -0.25) is 9.78 Å². The van der Waals surface area contributed by atoms with Crippen molar-refractivity contribution in [3.8, 4) is 0 Å². The molecule has 4 aliphatic carbocycles. The van der Waals surface area contributed by atoms with Crippen molar-refractivity contribution in [1.29, 1.82) is 0 Å². The number of carbonyl (C=O) groups excluding carboxylic acids is 1. The molecule has 5 rings (SSSR count). The van der Waals surface area contributed by atoms with E-state index in [1.165, 1.54) is 64.2 Å². The van der Waals surface area contributed by atoms with Crippen LogP contribution in [0.2, 0.25) is 0 Å². The molecular formula is C33H49N3O. The quantitative estimate of drug-likeness (QED) is 0.381. The molecule has 4 nitrogen and oxygen atoms in total. The van der Waals surface area contributed by atoms with Gasteiger partial charge >= 0.3 is 0 Å². The smallest absolute Gasteiger partial charge is 0.267 e. The van der Waals surface area contributed by atoms with Gasteiger partial charge < -0.3 is 0 Å². The normalized spacial score (nSPS) is 36.9. The third kappa shape index (κ3) is 5.06. The summed E-state index contributed by atoms with van der Waals surface area (Å²) >= 11 is 0. The van der Waals surface area contributed by atoms with Gasteiger partial charge in [0.25, 0.3) is 5.91 Å². The number of allylic oxidation sites excluding steroid dienone is 2. The second-order valence-corrected chi connectivity index (χ2v) is 13.8. The lowest BCUT2D eigenvalue weighted by Gasteiger charge is -2.58. The van der Waals surface area contributed by atoms with Crippen molar-refractivity contribution in [2.24, 2.45) is 51.4 Å². The maximum atomic E-state index is 12.5. The van der Waals surface area contributed by atoms with Crippen LogP contribution in [0.4, 0.5) is 0 Å². The molecule has 4 aliphatic rings. The van der Waals surface area contributed by atoms with Gasteiger partial charge in [0, 0.05) is 18.0 Å². The van der Waals surface area contributed by atoms with E-state index in [9.17, 15) is 4.79 Å². The van der Waals surface area contributed by atoms with Crippen LogP contribution in [0.5, 0.6) is 0 Å². The van der Waals surface area contributed by atoms with Gasteiger partial charge in [-0.1, -0.05) is 59.5 Å². The van der Waals surface area contributed by atoms with Crippen LogP contribution in [0.15, 0.2) is 41.3 Å². The number of amides is 1. The maximum Gasteiger partial charge on any atom is 0.271 e. The Morgan fingerprint density at radius 1 is 1.03 bits per heavy atom. The molecule has 3 fully saturated rings. The van der Waals surface area contributed by atoms with Gasteiger partial charge in [0.05, 0.1) is 5.71 Å². The van der Waals surface area contributed by atoms with E-state index >= 15 is 0 Å². The zero-order valence-corrected chi connectivity index (χ0v) is 23.9. The van der Waals surface area contributed by atoms with E-state index in [0.29, 0.717) is 16.4 Å². The molecule has 1 amide bonds. The van der Waals surface area contributed by atoms with Crippen molar-refractivity contribution in [2.45, 2.75) is 105 Å². The molecule has 37 heavy (non-hydrogen) atoms. The highest BCUT2D eigenvalue weighted by Gasteiger charge is 2.59. The minimum atomic E-state index is -0.161. The average Bonchev–Trinajstić information content (AvgIpc) is 3.24. The number of fused-ring (bicyclic) bond motifs is 5.